The van der Waals surface area contributed by atoms with Crippen LogP contribution in [-0.2, 0) is 26.0 Å². The number of nitrogens with zero attached hydrogens (tertiary/aromatic N) is 1. The molecule has 0 heterocycles. The molecule has 178 valence electrons. The number of hydrogen-bond acceptors (Lipinski definition) is 4. The topological polar surface area (TPSA) is 95.6 Å². The van der Waals surface area contributed by atoms with Crippen molar-refractivity contribution in [2.24, 2.45) is 0 Å². The van der Waals surface area contributed by atoms with Crippen LogP contribution in [-0.4, -0.2) is 37.6 Å². The van der Waals surface area contributed by atoms with Crippen molar-refractivity contribution in [1.82, 2.24) is 4.31 Å². The van der Waals surface area contributed by atoms with E-state index < -0.39 is 22.5 Å². The van der Waals surface area contributed by atoms with E-state index in [4.69, 9.17) is 23.2 Å². The Kier molecular flexibility index (Phi) is 8.68. The summed E-state index contributed by atoms with van der Waals surface area (Å²) in [5, 5.41) is 5.53. The fraction of sp³-hybridized carbons (Fsp3) is 0.167. The lowest BCUT2D eigenvalue weighted by molar-refractivity contribution is -0.116. The lowest BCUT2D eigenvalue weighted by atomic mass is 10.1. The maximum Gasteiger partial charge on any atom is 0.245 e. The summed E-state index contributed by atoms with van der Waals surface area (Å²) in [5.41, 5.74) is 1.84. The summed E-state index contributed by atoms with van der Waals surface area (Å²) in [6.07, 6.45) is 0.392. The Bertz CT molecular complexity index is 1280. The number of hydrogen-bond donors (Lipinski definition) is 2. The van der Waals surface area contributed by atoms with Crippen molar-refractivity contribution in [2.45, 2.75) is 18.2 Å². The van der Waals surface area contributed by atoms with E-state index in [1.807, 2.05) is 30.3 Å². The first-order valence-electron chi connectivity index (χ1n) is 10.3. The van der Waals surface area contributed by atoms with E-state index >= 15 is 0 Å². The van der Waals surface area contributed by atoms with Crippen LogP contribution in [0.5, 0.6) is 0 Å². The Morgan fingerprint density at radius 3 is 2.24 bits per heavy atom. The van der Waals surface area contributed by atoms with Crippen molar-refractivity contribution < 1.29 is 18.0 Å². The standard InChI is InChI=1S/C24H23Cl2N3O4S/c1-17(30)27-20-8-5-9-21(15-20)28-24(31)16-29(13-12-18-6-3-2-4-7-18)34(32,33)23-14-19(25)10-11-22(23)26/h2-11,14-15H,12-13,16H2,1H3,(H,27,30)(H,28,31). The Hall–Kier alpha value is -2.91. The van der Waals surface area contributed by atoms with Gasteiger partial charge in [-0.05, 0) is 48.4 Å². The molecule has 0 aliphatic carbocycles. The number of amides is 2. The van der Waals surface area contributed by atoms with Gasteiger partial charge in [-0.15, -0.1) is 0 Å². The van der Waals surface area contributed by atoms with Crippen LogP contribution in [0.4, 0.5) is 11.4 Å². The van der Waals surface area contributed by atoms with E-state index in [1.165, 1.54) is 25.1 Å². The minimum Gasteiger partial charge on any atom is -0.326 e. The molecule has 0 bridgehead atoms. The van der Waals surface area contributed by atoms with Gasteiger partial charge in [-0.3, -0.25) is 9.59 Å². The van der Waals surface area contributed by atoms with Crippen molar-refractivity contribution >= 4 is 56.4 Å². The zero-order valence-electron chi connectivity index (χ0n) is 18.3. The molecule has 3 rings (SSSR count). The number of nitrogens with one attached hydrogen (secondary N) is 2. The summed E-state index contributed by atoms with van der Waals surface area (Å²) >= 11 is 12.2. The zero-order valence-corrected chi connectivity index (χ0v) is 20.6. The minimum atomic E-state index is -4.14. The number of benzene rings is 3. The summed E-state index contributed by atoms with van der Waals surface area (Å²) in [5.74, 6) is -0.796. The SMILES string of the molecule is CC(=O)Nc1cccc(NC(=O)CN(CCc2ccccc2)S(=O)(=O)c2cc(Cl)ccc2Cl)c1. The normalized spacial score (nSPS) is 11.3. The van der Waals surface area contributed by atoms with Crippen LogP contribution in [0.15, 0.2) is 77.7 Å². The van der Waals surface area contributed by atoms with Crippen LogP contribution in [0.25, 0.3) is 0 Å². The Morgan fingerprint density at radius 2 is 1.56 bits per heavy atom. The number of anilines is 2. The summed E-state index contributed by atoms with van der Waals surface area (Å²) in [4.78, 5) is 23.9. The molecule has 0 saturated carbocycles. The van der Waals surface area contributed by atoms with Crippen molar-refractivity contribution in [3.63, 3.8) is 0 Å². The summed E-state index contributed by atoms with van der Waals surface area (Å²) in [6.45, 7) is 0.985. The van der Waals surface area contributed by atoms with Gasteiger partial charge in [0.1, 0.15) is 4.90 Å². The number of rotatable bonds is 9. The molecule has 0 radical (unpaired) electrons. The molecule has 2 N–H and O–H groups in total. The monoisotopic (exact) mass is 519 g/mol. The molecule has 0 fully saturated rings. The van der Waals surface area contributed by atoms with Crippen molar-refractivity contribution in [3.8, 4) is 0 Å². The van der Waals surface area contributed by atoms with Gasteiger partial charge < -0.3 is 10.6 Å². The first-order chi connectivity index (χ1) is 16.1. The van der Waals surface area contributed by atoms with Crippen LogP contribution in [0.2, 0.25) is 10.0 Å². The molecule has 0 saturated heterocycles. The van der Waals surface area contributed by atoms with Crippen molar-refractivity contribution in [2.75, 3.05) is 23.7 Å². The quantitative estimate of drug-likeness (QED) is 0.423. The molecule has 34 heavy (non-hydrogen) atoms. The summed E-state index contributed by atoms with van der Waals surface area (Å²) in [7, 11) is -4.14. The van der Waals surface area contributed by atoms with E-state index in [2.05, 4.69) is 10.6 Å². The Morgan fingerprint density at radius 1 is 0.882 bits per heavy atom. The first-order valence-corrected chi connectivity index (χ1v) is 12.5. The third kappa shape index (κ3) is 7.04. The average molecular weight is 520 g/mol. The van der Waals surface area contributed by atoms with Crippen LogP contribution in [0.1, 0.15) is 12.5 Å². The molecule has 0 aromatic heterocycles. The molecule has 10 heteroatoms. The molecular weight excluding hydrogens is 497 g/mol. The van der Waals surface area contributed by atoms with E-state index in [0.717, 1.165) is 9.87 Å². The second-order valence-electron chi connectivity index (χ2n) is 7.46. The lowest BCUT2D eigenvalue weighted by Crippen LogP contribution is -2.39. The third-order valence-corrected chi connectivity index (χ3v) is 7.35. The predicted molar refractivity (Wildman–Crippen MR) is 135 cm³/mol. The van der Waals surface area contributed by atoms with Gasteiger partial charge in [-0.1, -0.05) is 59.6 Å². The van der Waals surface area contributed by atoms with E-state index in [1.54, 1.807) is 24.3 Å². The van der Waals surface area contributed by atoms with Gasteiger partial charge in [0.05, 0.1) is 11.6 Å². The average Bonchev–Trinajstić information content (AvgIpc) is 2.78. The minimum absolute atomic E-state index is 0.0116. The molecular formula is C24H23Cl2N3O4S. The fourth-order valence-corrected chi connectivity index (χ4v) is 5.37. The smallest absolute Gasteiger partial charge is 0.245 e. The Balaban J connectivity index is 1.84. The molecule has 2 amide bonds. The van der Waals surface area contributed by atoms with Gasteiger partial charge >= 0.3 is 0 Å². The van der Waals surface area contributed by atoms with Gasteiger partial charge in [0.2, 0.25) is 21.8 Å². The molecule has 0 spiro atoms. The van der Waals surface area contributed by atoms with Gasteiger partial charge in [0.25, 0.3) is 0 Å². The predicted octanol–water partition coefficient (Wildman–Crippen LogP) is 4.82. The number of carbonyl (C=O) groups is 2. The highest BCUT2D eigenvalue weighted by molar-refractivity contribution is 7.89. The molecule has 3 aromatic rings. The molecule has 0 unspecified atom stereocenters. The van der Waals surface area contributed by atoms with E-state index in [0.29, 0.717) is 17.8 Å². The molecule has 0 aliphatic rings. The maximum absolute atomic E-state index is 13.4. The Labute approximate surface area is 208 Å². The highest BCUT2D eigenvalue weighted by atomic mass is 35.5. The van der Waals surface area contributed by atoms with E-state index in [9.17, 15) is 18.0 Å². The second-order valence-corrected chi connectivity index (χ2v) is 10.2. The van der Waals surface area contributed by atoms with Crippen LogP contribution >= 0.6 is 23.2 Å². The van der Waals surface area contributed by atoms with Gasteiger partial charge in [0.15, 0.2) is 0 Å². The maximum atomic E-state index is 13.4. The zero-order chi connectivity index (χ0) is 24.7. The van der Waals surface area contributed by atoms with E-state index in [-0.39, 0.29) is 27.4 Å². The summed E-state index contributed by atoms with van der Waals surface area (Å²) < 4.78 is 28.0. The highest BCUT2D eigenvalue weighted by Crippen LogP contribution is 2.28. The molecule has 3 aromatic carbocycles. The summed E-state index contributed by atoms with van der Waals surface area (Å²) in [6, 6.07) is 20.1. The molecule has 7 nitrogen and oxygen atoms in total. The molecule has 0 aliphatic heterocycles. The number of halogens is 2. The lowest BCUT2D eigenvalue weighted by Gasteiger charge is -2.22. The largest absolute Gasteiger partial charge is 0.326 e. The third-order valence-electron chi connectivity index (χ3n) is 4.79. The number of sulfonamides is 1. The van der Waals surface area contributed by atoms with Crippen LogP contribution < -0.4 is 10.6 Å². The second kappa shape index (κ2) is 11.5. The van der Waals surface area contributed by atoms with Gasteiger partial charge in [-0.25, -0.2) is 8.42 Å². The molecule has 0 atom stereocenters. The van der Waals surface area contributed by atoms with Crippen LogP contribution in [0, 0.1) is 0 Å². The van der Waals surface area contributed by atoms with Gasteiger partial charge in [-0.2, -0.15) is 4.31 Å². The highest BCUT2D eigenvalue weighted by Gasteiger charge is 2.29. The van der Waals surface area contributed by atoms with Crippen molar-refractivity contribution in [3.05, 3.63) is 88.4 Å². The first kappa shape index (κ1) is 25.7. The fourth-order valence-electron chi connectivity index (χ4n) is 3.24. The van der Waals surface area contributed by atoms with Crippen LogP contribution in [0.3, 0.4) is 0 Å². The van der Waals surface area contributed by atoms with Crippen molar-refractivity contribution in [1.29, 1.82) is 0 Å². The number of carbonyl (C=O) groups excluding carboxylic acids is 2. The van der Waals surface area contributed by atoms with Gasteiger partial charge in [0, 0.05) is 29.9 Å².